The highest BCUT2D eigenvalue weighted by Crippen LogP contribution is 2.33. The first-order valence-corrected chi connectivity index (χ1v) is 6.06. The third kappa shape index (κ3) is 2.22. The molecular weight excluding hydrogens is 212 g/mol. The normalized spacial score (nSPS) is 17.5. The SMILES string of the molecule is c1ccc2c(c1)CC2CNCCn1ccnn1. The van der Waals surface area contributed by atoms with Crippen molar-refractivity contribution in [2.45, 2.75) is 18.9 Å². The first kappa shape index (κ1) is 10.5. The molecule has 0 amide bonds. The molecular formula is C13H16N4. The van der Waals surface area contributed by atoms with E-state index < -0.39 is 0 Å². The molecule has 3 rings (SSSR count). The zero-order valence-corrected chi connectivity index (χ0v) is 9.71. The lowest BCUT2D eigenvalue weighted by Gasteiger charge is -2.30. The summed E-state index contributed by atoms with van der Waals surface area (Å²) < 4.78 is 1.85. The summed E-state index contributed by atoms with van der Waals surface area (Å²) in [6, 6.07) is 8.71. The second kappa shape index (κ2) is 4.67. The average Bonchev–Trinajstić information content (AvgIpc) is 2.82. The smallest absolute Gasteiger partial charge is 0.0692 e. The van der Waals surface area contributed by atoms with E-state index >= 15 is 0 Å². The Morgan fingerprint density at radius 3 is 3.12 bits per heavy atom. The van der Waals surface area contributed by atoms with E-state index in [1.807, 2.05) is 10.9 Å². The summed E-state index contributed by atoms with van der Waals surface area (Å²) in [5.41, 5.74) is 3.02. The van der Waals surface area contributed by atoms with Crippen LogP contribution in [-0.4, -0.2) is 28.1 Å². The molecule has 1 atom stereocenters. The van der Waals surface area contributed by atoms with Crippen molar-refractivity contribution in [2.75, 3.05) is 13.1 Å². The summed E-state index contributed by atoms with van der Waals surface area (Å²) in [4.78, 5) is 0. The van der Waals surface area contributed by atoms with Gasteiger partial charge in [0.25, 0.3) is 0 Å². The molecule has 1 aromatic heterocycles. The number of hydrogen-bond donors (Lipinski definition) is 1. The molecule has 1 aliphatic rings. The van der Waals surface area contributed by atoms with E-state index in [9.17, 15) is 0 Å². The third-order valence-corrected chi connectivity index (χ3v) is 3.34. The van der Waals surface area contributed by atoms with Crippen molar-refractivity contribution in [1.29, 1.82) is 0 Å². The summed E-state index contributed by atoms with van der Waals surface area (Å²) in [6.07, 6.45) is 4.81. The molecule has 1 heterocycles. The van der Waals surface area contributed by atoms with E-state index in [0.717, 1.165) is 19.6 Å². The predicted octanol–water partition coefficient (Wildman–Crippen LogP) is 1.21. The number of nitrogens with one attached hydrogen (secondary N) is 1. The molecule has 0 radical (unpaired) electrons. The number of rotatable bonds is 5. The van der Waals surface area contributed by atoms with Crippen LogP contribution in [-0.2, 0) is 13.0 Å². The predicted molar refractivity (Wildman–Crippen MR) is 65.8 cm³/mol. The van der Waals surface area contributed by atoms with Crippen molar-refractivity contribution in [3.05, 3.63) is 47.8 Å². The Morgan fingerprint density at radius 1 is 1.35 bits per heavy atom. The Bertz CT molecular complexity index is 478. The van der Waals surface area contributed by atoms with Crippen LogP contribution in [0.25, 0.3) is 0 Å². The fraction of sp³-hybridized carbons (Fsp3) is 0.385. The van der Waals surface area contributed by atoms with Gasteiger partial charge in [-0.15, -0.1) is 5.10 Å². The van der Waals surface area contributed by atoms with Gasteiger partial charge in [0, 0.05) is 25.2 Å². The molecule has 0 spiro atoms. The molecule has 1 aromatic carbocycles. The number of nitrogens with zero attached hydrogens (tertiary/aromatic N) is 3. The summed E-state index contributed by atoms with van der Waals surface area (Å²) in [5.74, 6) is 0.696. The Morgan fingerprint density at radius 2 is 2.29 bits per heavy atom. The summed E-state index contributed by atoms with van der Waals surface area (Å²) >= 11 is 0. The van der Waals surface area contributed by atoms with Crippen LogP contribution in [0.5, 0.6) is 0 Å². The van der Waals surface area contributed by atoms with Crippen LogP contribution in [0.1, 0.15) is 17.0 Å². The molecule has 1 aliphatic carbocycles. The average molecular weight is 228 g/mol. The summed E-state index contributed by atoms with van der Waals surface area (Å²) in [7, 11) is 0. The Balaban J connectivity index is 1.42. The Labute approximate surface area is 101 Å². The lowest BCUT2D eigenvalue weighted by molar-refractivity contribution is 0.494. The Hall–Kier alpha value is -1.68. The highest BCUT2D eigenvalue weighted by molar-refractivity contribution is 5.40. The van der Waals surface area contributed by atoms with Gasteiger partial charge < -0.3 is 5.32 Å². The molecule has 2 aromatic rings. The lowest BCUT2D eigenvalue weighted by atomic mass is 9.78. The molecule has 0 aliphatic heterocycles. The summed E-state index contributed by atoms with van der Waals surface area (Å²) in [6.45, 7) is 2.89. The number of benzene rings is 1. The van der Waals surface area contributed by atoms with Crippen molar-refractivity contribution >= 4 is 0 Å². The minimum absolute atomic E-state index is 0.696. The zero-order valence-electron chi connectivity index (χ0n) is 9.71. The highest BCUT2D eigenvalue weighted by atomic mass is 15.4. The lowest BCUT2D eigenvalue weighted by Crippen LogP contribution is -2.31. The first-order valence-electron chi connectivity index (χ1n) is 6.06. The third-order valence-electron chi connectivity index (χ3n) is 3.34. The maximum absolute atomic E-state index is 3.93. The fourth-order valence-corrected chi connectivity index (χ4v) is 2.37. The van der Waals surface area contributed by atoms with Gasteiger partial charge in [-0.1, -0.05) is 29.5 Å². The van der Waals surface area contributed by atoms with Gasteiger partial charge in [-0.25, -0.2) is 0 Å². The Kier molecular flexibility index (Phi) is 2.88. The largest absolute Gasteiger partial charge is 0.314 e. The molecule has 0 fully saturated rings. The summed E-state index contributed by atoms with van der Waals surface area (Å²) in [5, 5.41) is 11.2. The first-order chi connectivity index (χ1) is 8.43. The molecule has 17 heavy (non-hydrogen) atoms. The fourth-order valence-electron chi connectivity index (χ4n) is 2.37. The molecule has 0 bridgehead atoms. The van der Waals surface area contributed by atoms with Crippen LogP contribution in [0.15, 0.2) is 36.7 Å². The standard InChI is InChI=1S/C13H16N4/c1-2-4-13-11(3-1)9-12(13)10-14-5-7-17-8-6-15-16-17/h1-4,6,8,12,14H,5,7,9-10H2. The van der Waals surface area contributed by atoms with Gasteiger partial charge in [-0.05, 0) is 17.5 Å². The quantitative estimate of drug-likeness (QED) is 0.782. The van der Waals surface area contributed by atoms with E-state index in [1.54, 1.807) is 6.20 Å². The van der Waals surface area contributed by atoms with E-state index in [2.05, 4.69) is 39.9 Å². The van der Waals surface area contributed by atoms with Gasteiger partial charge in [0.15, 0.2) is 0 Å². The van der Waals surface area contributed by atoms with Crippen LogP contribution in [0, 0.1) is 0 Å². The van der Waals surface area contributed by atoms with E-state index in [1.165, 1.54) is 17.5 Å². The van der Waals surface area contributed by atoms with Gasteiger partial charge in [-0.2, -0.15) is 0 Å². The van der Waals surface area contributed by atoms with Gasteiger partial charge in [0.05, 0.1) is 12.7 Å². The highest BCUT2D eigenvalue weighted by Gasteiger charge is 2.24. The second-order valence-corrected chi connectivity index (χ2v) is 4.47. The minimum Gasteiger partial charge on any atom is -0.314 e. The van der Waals surface area contributed by atoms with Gasteiger partial charge in [0.1, 0.15) is 0 Å². The molecule has 88 valence electrons. The van der Waals surface area contributed by atoms with E-state index in [-0.39, 0.29) is 0 Å². The van der Waals surface area contributed by atoms with Gasteiger partial charge in [0.2, 0.25) is 0 Å². The van der Waals surface area contributed by atoms with Crippen LogP contribution in [0.3, 0.4) is 0 Å². The van der Waals surface area contributed by atoms with Crippen LogP contribution >= 0.6 is 0 Å². The maximum Gasteiger partial charge on any atom is 0.0692 e. The second-order valence-electron chi connectivity index (χ2n) is 4.47. The van der Waals surface area contributed by atoms with Gasteiger partial charge in [-0.3, -0.25) is 4.68 Å². The van der Waals surface area contributed by atoms with Crippen LogP contribution < -0.4 is 5.32 Å². The number of hydrogen-bond acceptors (Lipinski definition) is 3. The van der Waals surface area contributed by atoms with E-state index in [4.69, 9.17) is 0 Å². The van der Waals surface area contributed by atoms with Crippen LogP contribution in [0.4, 0.5) is 0 Å². The molecule has 4 heteroatoms. The topological polar surface area (TPSA) is 42.7 Å². The molecule has 1 N–H and O–H groups in total. The molecule has 1 unspecified atom stereocenters. The molecule has 0 saturated heterocycles. The van der Waals surface area contributed by atoms with Gasteiger partial charge >= 0.3 is 0 Å². The molecule has 0 saturated carbocycles. The van der Waals surface area contributed by atoms with Crippen molar-refractivity contribution in [3.63, 3.8) is 0 Å². The van der Waals surface area contributed by atoms with Crippen molar-refractivity contribution in [2.24, 2.45) is 0 Å². The number of fused-ring (bicyclic) bond motifs is 1. The van der Waals surface area contributed by atoms with Crippen molar-refractivity contribution in [1.82, 2.24) is 20.3 Å². The maximum atomic E-state index is 3.93. The number of aromatic nitrogens is 3. The zero-order chi connectivity index (χ0) is 11.5. The van der Waals surface area contributed by atoms with E-state index in [0.29, 0.717) is 5.92 Å². The monoisotopic (exact) mass is 228 g/mol. The minimum atomic E-state index is 0.696. The molecule has 4 nitrogen and oxygen atoms in total. The van der Waals surface area contributed by atoms with Crippen LogP contribution in [0.2, 0.25) is 0 Å². The van der Waals surface area contributed by atoms with Crippen molar-refractivity contribution in [3.8, 4) is 0 Å². The van der Waals surface area contributed by atoms with Crippen molar-refractivity contribution < 1.29 is 0 Å².